The minimum absolute atomic E-state index is 0.0982. The number of hydrogen-bond donors (Lipinski definition) is 1. The molecule has 2 amide bonds. The maximum atomic E-state index is 14.3. The average Bonchev–Trinajstić information content (AvgIpc) is 3.03. The minimum atomic E-state index is -4.76. The first-order chi connectivity index (χ1) is 21.4. The van der Waals surface area contributed by atoms with Gasteiger partial charge in [0.15, 0.2) is 0 Å². The average molecular weight is 658 g/mol. The predicted molar refractivity (Wildman–Crippen MR) is 167 cm³/mol. The molecule has 12 heteroatoms. The second-order valence-corrected chi connectivity index (χ2v) is 12.4. The molecular formula is C33H31ClF3N3O4S. The van der Waals surface area contributed by atoms with Gasteiger partial charge in [-0.3, -0.25) is 13.9 Å². The monoisotopic (exact) mass is 657 g/mol. The molecule has 0 radical (unpaired) electrons. The molecule has 0 aliphatic rings. The number of hydrogen-bond acceptors (Lipinski definition) is 4. The van der Waals surface area contributed by atoms with Crippen LogP contribution in [0.15, 0.2) is 114 Å². The molecule has 1 unspecified atom stereocenters. The van der Waals surface area contributed by atoms with Gasteiger partial charge in [0.2, 0.25) is 11.8 Å². The summed E-state index contributed by atoms with van der Waals surface area (Å²) in [6.07, 6.45) is -4.66. The Hall–Kier alpha value is -4.35. The summed E-state index contributed by atoms with van der Waals surface area (Å²) in [6, 6.07) is 25.4. The Bertz CT molecular complexity index is 1700. The third-order valence-electron chi connectivity index (χ3n) is 6.96. The van der Waals surface area contributed by atoms with Crippen molar-refractivity contribution in [1.29, 1.82) is 0 Å². The molecule has 0 spiro atoms. The normalized spacial score (nSPS) is 12.3. The molecule has 0 aliphatic heterocycles. The van der Waals surface area contributed by atoms with Crippen LogP contribution in [0, 0.1) is 0 Å². The molecule has 4 aromatic carbocycles. The Kier molecular flexibility index (Phi) is 10.9. The van der Waals surface area contributed by atoms with Gasteiger partial charge in [0.25, 0.3) is 10.0 Å². The van der Waals surface area contributed by atoms with E-state index < -0.39 is 46.2 Å². The molecule has 236 valence electrons. The van der Waals surface area contributed by atoms with Crippen LogP contribution in [0.2, 0.25) is 5.02 Å². The topological polar surface area (TPSA) is 86.8 Å². The Morgan fingerprint density at radius 3 is 2.07 bits per heavy atom. The highest BCUT2D eigenvalue weighted by molar-refractivity contribution is 7.92. The molecule has 0 aromatic heterocycles. The molecule has 0 aliphatic carbocycles. The van der Waals surface area contributed by atoms with Crippen molar-refractivity contribution >= 4 is 39.1 Å². The second kappa shape index (κ2) is 14.6. The molecule has 1 atom stereocenters. The van der Waals surface area contributed by atoms with Crippen LogP contribution in [-0.2, 0) is 38.8 Å². The van der Waals surface area contributed by atoms with E-state index in [-0.39, 0.29) is 30.1 Å². The molecule has 0 saturated heterocycles. The molecule has 4 rings (SSSR count). The van der Waals surface area contributed by atoms with Gasteiger partial charge in [0.1, 0.15) is 12.6 Å². The van der Waals surface area contributed by atoms with Crippen LogP contribution in [0.1, 0.15) is 23.6 Å². The molecule has 1 N–H and O–H groups in total. The van der Waals surface area contributed by atoms with Crippen molar-refractivity contribution in [3.63, 3.8) is 0 Å². The van der Waals surface area contributed by atoms with E-state index in [9.17, 15) is 31.2 Å². The molecule has 0 fully saturated rings. The Labute approximate surface area is 265 Å². The van der Waals surface area contributed by atoms with Gasteiger partial charge in [-0.15, -0.1) is 0 Å². The Morgan fingerprint density at radius 1 is 0.844 bits per heavy atom. The third-order valence-corrected chi connectivity index (χ3v) is 9.00. The molecule has 0 bridgehead atoms. The largest absolute Gasteiger partial charge is 0.416 e. The smallest absolute Gasteiger partial charge is 0.355 e. The lowest BCUT2D eigenvalue weighted by Gasteiger charge is -2.34. The number of anilines is 1. The Balaban J connectivity index is 1.82. The lowest BCUT2D eigenvalue weighted by Crippen LogP contribution is -2.53. The lowest BCUT2D eigenvalue weighted by atomic mass is 10.0. The molecular weight excluding hydrogens is 627 g/mol. The van der Waals surface area contributed by atoms with Crippen LogP contribution < -0.4 is 9.62 Å². The zero-order valence-corrected chi connectivity index (χ0v) is 25.8. The van der Waals surface area contributed by atoms with E-state index in [2.05, 4.69) is 5.32 Å². The summed E-state index contributed by atoms with van der Waals surface area (Å²) in [5.74, 6) is -1.27. The first kappa shape index (κ1) is 33.5. The van der Waals surface area contributed by atoms with Crippen LogP contribution in [0.5, 0.6) is 0 Å². The standard InChI is InChI=1S/C33H31ClF3N3O4S/c1-2-38-32(42)30(20-24-10-5-3-6-11-24)39(22-25-16-18-27(34)19-17-25)31(41)23-40(45(43,44)29-14-7-4-8-15-29)28-13-9-12-26(21-28)33(35,36)37/h3-19,21,30H,2,20,22-23H2,1H3,(H,38,42). The van der Waals surface area contributed by atoms with E-state index in [1.807, 2.05) is 6.07 Å². The maximum Gasteiger partial charge on any atom is 0.416 e. The van der Waals surface area contributed by atoms with Gasteiger partial charge in [-0.1, -0.05) is 78.3 Å². The molecule has 45 heavy (non-hydrogen) atoms. The first-order valence-corrected chi connectivity index (χ1v) is 15.8. The maximum absolute atomic E-state index is 14.3. The summed E-state index contributed by atoms with van der Waals surface area (Å²) in [5.41, 5.74) is -0.0879. The number of carbonyl (C=O) groups excluding carboxylic acids is 2. The van der Waals surface area contributed by atoms with Crippen molar-refractivity contribution in [2.45, 2.75) is 37.0 Å². The summed E-state index contributed by atoms with van der Waals surface area (Å²) in [6.45, 7) is 1.01. The van der Waals surface area contributed by atoms with Gasteiger partial charge in [0.05, 0.1) is 16.1 Å². The van der Waals surface area contributed by atoms with Crippen LogP contribution in [-0.4, -0.2) is 44.3 Å². The first-order valence-electron chi connectivity index (χ1n) is 14.0. The molecule has 0 heterocycles. The fraction of sp³-hybridized carbons (Fsp3) is 0.212. The lowest BCUT2D eigenvalue weighted by molar-refractivity contribution is -0.140. The minimum Gasteiger partial charge on any atom is -0.355 e. The highest BCUT2D eigenvalue weighted by atomic mass is 35.5. The number of alkyl halides is 3. The number of amides is 2. The van der Waals surface area contributed by atoms with Crippen molar-refractivity contribution in [1.82, 2.24) is 10.2 Å². The van der Waals surface area contributed by atoms with E-state index >= 15 is 0 Å². The number of halogens is 4. The number of nitrogens with zero attached hydrogens (tertiary/aromatic N) is 2. The highest BCUT2D eigenvalue weighted by Gasteiger charge is 2.36. The van der Waals surface area contributed by atoms with Gasteiger partial charge >= 0.3 is 6.18 Å². The molecule has 0 saturated carbocycles. The van der Waals surface area contributed by atoms with E-state index in [0.717, 1.165) is 17.7 Å². The summed E-state index contributed by atoms with van der Waals surface area (Å²) in [4.78, 5) is 28.8. The second-order valence-electron chi connectivity index (χ2n) is 10.1. The van der Waals surface area contributed by atoms with Crippen molar-refractivity contribution in [3.05, 3.63) is 131 Å². The highest BCUT2D eigenvalue weighted by Crippen LogP contribution is 2.33. The van der Waals surface area contributed by atoms with Crippen LogP contribution in [0.3, 0.4) is 0 Å². The van der Waals surface area contributed by atoms with E-state index in [1.54, 1.807) is 61.5 Å². The number of sulfonamides is 1. The van der Waals surface area contributed by atoms with Crippen molar-refractivity contribution in [3.8, 4) is 0 Å². The molecule has 7 nitrogen and oxygen atoms in total. The van der Waals surface area contributed by atoms with Crippen LogP contribution in [0.4, 0.5) is 18.9 Å². The van der Waals surface area contributed by atoms with Crippen molar-refractivity contribution in [2.75, 3.05) is 17.4 Å². The predicted octanol–water partition coefficient (Wildman–Crippen LogP) is 6.33. The van der Waals surface area contributed by atoms with Gasteiger partial charge in [-0.25, -0.2) is 8.42 Å². The number of benzene rings is 4. The van der Waals surface area contributed by atoms with E-state index in [1.165, 1.54) is 35.2 Å². The fourth-order valence-corrected chi connectivity index (χ4v) is 6.27. The third kappa shape index (κ3) is 8.64. The number of carbonyl (C=O) groups is 2. The summed E-state index contributed by atoms with van der Waals surface area (Å²) in [5, 5.41) is 3.20. The number of rotatable bonds is 12. The van der Waals surface area contributed by atoms with Gasteiger partial charge in [-0.2, -0.15) is 13.2 Å². The van der Waals surface area contributed by atoms with E-state index in [0.29, 0.717) is 21.0 Å². The summed E-state index contributed by atoms with van der Waals surface area (Å²) >= 11 is 6.06. The summed E-state index contributed by atoms with van der Waals surface area (Å²) < 4.78 is 69.6. The van der Waals surface area contributed by atoms with Gasteiger partial charge in [-0.05, 0) is 60.5 Å². The van der Waals surface area contributed by atoms with Crippen molar-refractivity contribution in [2.24, 2.45) is 0 Å². The van der Waals surface area contributed by atoms with Gasteiger partial charge < -0.3 is 10.2 Å². The summed E-state index contributed by atoms with van der Waals surface area (Å²) in [7, 11) is -4.54. The van der Waals surface area contributed by atoms with Gasteiger partial charge in [0, 0.05) is 24.5 Å². The fourth-order valence-electron chi connectivity index (χ4n) is 4.72. The SMILES string of the molecule is CCNC(=O)C(Cc1ccccc1)N(Cc1ccc(Cl)cc1)C(=O)CN(c1cccc(C(F)(F)F)c1)S(=O)(=O)c1ccccc1. The number of nitrogens with one attached hydrogen (secondary N) is 1. The quantitative estimate of drug-likeness (QED) is 0.193. The van der Waals surface area contributed by atoms with Crippen LogP contribution in [0.25, 0.3) is 0 Å². The molecule has 4 aromatic rings. The van der Waals surface area contributed by atoms with Crippen LogP contribution >= 0.6 is 11.6 Å². The zero-order valence-electron chi connectivity index (χ0n) is 24.2. The Morgan fingerprint density at radius 2 is 1.47 bits per heavy atom. The van der Waals surface area contributed by atoms with Crippen molar-refractivity contribution < 1.29 is 31.2 Å². The van der Waals surface area contributed by atoms with E-state index in [4.69, 9.17) is 11.6 Å². The number of likely N-dealkylation sites (N-methyl/N-ethyl adjacent to an activating group) is 1. The zero-order chi connectivity index (χ0) is 32.6.